The first-order valence-electron chi connectivity index (χ1n) is 4.12. The highest BCUT2D eigenvalue weighted by molar-refractivity contribution is 7.46. The van der Waals surface area contributed by atoms with E-state index in [1.807, 2.05) is 0 Å². The second-order valence-electron chi connectivity index (χ2n) is 3.04. The smallest absolute Gasteiger partial charge is 0.166 e. The van der Waals surface area contributed by atoms with Crippen molar-refractivity contribution < 1.29 is 26.3 Å². The van der Waals surface area contributed by atoms with Gasteiger partial charge in [-0.15, -0.1) is 0 Å². The Labute approximate surface area is 89.4 Å². The van der Waals surface area contributed by atoms with Crippen molar-refractivity contribution in [3.63, 3.8) is 0 Å². The molecule has 16 heavy (non-hydrogen) atoms. The number of alkyl halides is 6. The lowest BCUT2D eigenvalue weighted by Gasteiger charge is -2.13. The highest BCUT2D eigenvalue weighted by atomic mass is 31.1. The molecular formula is C9H7F6P. The lowest BCUT2D eigenvalue weighted by atomic mass is 10.1. The number of hydrogen-bond acceptors (Lipinski definition) is 0. The summed E-state index contributed by atoms with van der Waals surface area (Å²) in [7, 11) is -0.119. The minimum Gasteiger partial charge on any atom is -0.166 e. The van der Waals surface area contributed by atoms with Crippen LogP contribution in [-0.2, 0) is 12.4 Å². The van der Waals surface area contributed by atoms with Crippen LogP contribution in [0.15, 0.2) is 18.2 Å². The quantitative estimate of drug-likeness (QED) is 0.534. The van der Waals surface area contributed by atoms with Crippen molar-refractivity contribution in [3.05, 3.63) is 29.3 Å². The average Bonchev–Trinajstić information content (AvgIpc) is 2.14. The molecule has 0 aromatic heterocycles. The predicted octanol–water partition coefficient (Wildman–Crippen LogP) is 3.66. The van der Waals surface area contributed by atoms with Crippen molar-refractivity contribution in [2.24, 2.45) is 0 Å². The maximum Gasteiger partial charge on any atom is 0.416 e. The molecule has 0 N–H and O–H groups in total. The van der Waals surface area contributed by atoms with Crippen LogP contribution in [0.5, 0.6) is 0 Å². The molecule has 90 valence electrons. The number of benzene rings is 1. The minimum absolute atomic E-state index is 0.0437. The van der Waals surface area contributed by atoms with Gasteiger partial charge in [0.1, 0.15) is 0 Å². The van der Waals surface area contributed by atoms with Crippen molar-refractivity contribution in [1.82, 2.24) is 0 Å². The fourth-order valence-corrected chi connectivity index (χ4v) is 1.70. The SMILES string of the molecule is CPc1cc(C(F)(F)F)cc(C(F)(F)F)c1. The predicted molar refractivity (Wildman–Crippen MR) is 50.3 cm³/mol. The highest BCUT2D eigenvalue weighted by Gasteiger charge is 2.36. The molecule has 0 spiro atoms. The first-order valence-corrected chi connectivity index (χ1v) is 5.62. The molecule has 0 radical (unpaired) electrons. The molecule has 1 rings (SSSR count). The fourth-order valence-electron chi connectivity index (χ4n) is 1.10. The van der Waals surface area contributed by atoms with E-state index in [1.165, 1.54) is 6.66 Å². The Morgan fingerprint density at radius 3 is 1.44 bits per heavy atom. The third-order valence-corrected chi connectivity index (χ3v) is 2.74. The monoisotopic (exact) mass is 260 g/mol. The largest absolute Gasteiger partial charge is 0.416 e. The lowest BCUT2D eigenvalue weighted by molar-refractivity contribution is -0.142. The van der Waals surface area contributed by atoms with Crippen molar-refractivity contribution >= 4 is 13.9 Å². The van der Waals surface area contributed by atoms with Gasteiger partial charge < -0.3 is 0 Å². The Bertz CT molecular complexity index is 346. The molecule has 0 heterocycles. The van der Waals surface area contributed by atoms with Gasteiger partial charge in [0, 0.05) is 0 Å². The average molecular weight is 260 g/mol. The number of hydrogen-bond donors (Lipinski definition) is 0. The second kappa shape index (κ2) is 4.24. The van der Waals surface area contributed by atoms with E-state index in [0.717, 1.165) is 12.1 Å². The molecule has 1 aromatic rings. The molecule has 0 aliphatic carbocycles. The van der Waals surface area contributed by atoms with Crippen LogP contribution in [0.3, 0.4) is 0 Å². The van der Waals surface area contributed by atoms with Gasteiger partial charge in [-0.25, -0.2) is 0 Å². The van der Waals surface area contributed by atoms with Gasteiger partial charge in [-0.1, -0.05) is 8.58 Å². The van der Waals surface area contributed by atoms with Gasteiger partial charge >= 0.3 is 12.4 Å². The van der Waals surface area contributed by atoms with Gasteiger partial charge in [0.15, 0.2) is 0 Å². The van der Waals surface area contributed by atoms with Gasteiger partial charge in [0.25, 0.3) is 0 Å². The van der Waals surface area contributed by atoms with Gasteiger partial charge in [0.05, 0.1) is 11.1 Å². The zero-order valence-electron chi connectivity index (χ0n) is 8.00. The Morgan fingerprint density at radius 2 is 1.19 bits per heavy atom. The molecular weight excluding hydrogens is 253 g/mol. The van der Waals surface area contributed by atoms with Crippen LogP contribution in [0.2, 0.25) is 0 Å². The van der Waals surface area contributed by atoms with Gasteiger partial charge in [-0.2, -0.15) is 26.3 Å². The summed E-state index contributed by atoms with van der Waals surface area (Å²) in [5.41, 5.74) is -2.52. The van der Waals surface area contributed by atoms with Crippen LogP contribution in [-0.4, -0.2) is 6.66 Å². The van der Waals surface area contributed by atoms with Crippen molar-refractivity contribution in [2.45, 2.75) is 12.4 Å². The molecule has 1 unspecified atom stereocenters. The molecule has 0 nitrogen and oxygen atoms in total. The van der Waals surface area contributed by atoms with Crippen molar-refractivity contribution in [2.75, 3.05) is 6.66 Å². The molecule has 1 aromatic carbocycles. The van der Waals surface area contributed by atoms with E-state index in [2.05, 4.69) is 0 Å². The molecule has 0 fully saturated rings. The van der Waals surface area contributed by atoms with E-state index >= 15 is 0 Å². The Kier molecular flexibility index (Phi) is 3.53. The Balaban J connectivity index is 3.33. The lowest BCUT2D eigenvalue weighted by Crippen LogP contribution is -2.14. The van der Waals surface area contributed by atoms with Crippen LogP contribution in [0.4, 0.5) is 26.3 Å². The summed E-state index contributed by atoms with van der Waals surface area (Å²) in [6, 6.07) is 1.62. The maximum atomic E-state index is 12.3. The van der Waals surface area contributed by atoms with E-state index in [9.17, 15) is 26.3 Å². The van der Waals surface area contributed by atoms with Crippen LogP contribution in [0.25, 0.3) is 0 Å². The van der Waals surface area contributed by atoms with Gasteiger partial charge in [-0.05, 0) is 30.2 Å². The summed E-state index contributed by atoms with van der Waals surface area (Å²) < 4.78 is 73.8. The van der Waals surface area contributed by atoms with Crippen molar-refractivity contribution in [3.8, 4) is 0 Å². The maximum absolute atomic E-state index is 12.3. The molecule has 0 amide bonds. The first-order chi connectivity index (χ1) is 7.14. The molecule has 0 saturated carbocycles. The van der Waals surface area contributed by atoms with E-state index in [1.54, 1.807) is 0 Å². The molecule has 1 atom stereocenters. The summed E-state index contributed by atoms with van der Waals surface area (Å²) in [5.74, 6) is 0. The first kappa shape index (κ1) is 13.3. The van der Waals surface area contributed by atoms with Gasteiger partial charge in [0.2, 0.25) is 0 Å². The highest BCUT2D eigenvalue weighted by Crippen LogP contribution is 2.35. The summed E-state index contributed by atoms with van der Waals surface area (Å²) >= 11 is 0. The third-order valence-electron chi connectivity index (χ3n) is 1.88. The van der Waals surface area contributed by atoms with E-state index < -0.39 is 23.5 Å². The Hall–Kier alpha value is -0.770. The van der Waals surface area contributed by atoms with Crippen molar-refractivity contribution in [1.29, 1.82) is 0 Å². The fraction of sp³-hybridized carbons (Fsp3) is 0.333. The van der Waals surface area contributed by atoms with Crippen LogP contribution >= 0.6 is 8.58 Å². The van der Waals surface area contributed by atoms with Crippen LogP contribution in [0, 0.1) is 0 Å². The number of halogens is 6. The van der Waals surface area contributed by atoms with Gasteiger partial charge in [-0.3, -0.25) is 0 Å². The number of rotatable bonds is 1. The molecule has 0 aliphatic heterocycles. The van der Waals surface area contributed by atoms with E-state index in [-0.39, 0.29) is 20.0 Å². The molecule has 0 bridgehead atoms. The standard InChI is InChI=1S/C9H7F6P/c1-16-7-3-5(8(10,11)12)2-6(4-7)9(13,14)15/h2-4,16H,1H3. The summed E-state index contributed by atoms with van der Waals surface area (Å²) in [6.07, 6.45) is -9.51. The summed E-state index contributed by atoms with van der Waals surface area (Å²) in [4.78, 5) is 0. The molecule has 7 heteroatoms. The topological polar surface area (TPSA) is 0 Å². The molecule has 0 aliphatic rings. The zero-order valence-corrected chi connectivity index (χ0v) is 9.00. The molecule has 0 saturated heterocycles. The Morgan fingerprint density at radius 1 is 0.812 bits per heavy atom. The van der Waals surface area contributed by atoms with Crippen LogP contribution < -0.4 is 5.30 Å². The summed E-state index contributed by atoms with van der Waals surface area (Å²) in [5, 5.41) is 0.0437. The van der Waals surface area contributed by atoms with Crippen LogP contribution in [0.1, 0.15) is 11.1 Å². The van der Waals surface area contributed by atoms with E-state index in [4.69, 9.17) is 0 Å². The third kappa shape index (κ3) is 3.11. The normalized spacial score (nSPS) is 13.7. The minimum atomic E-state index is -4.75. The zero-order chi connectivity index (χ0) is 12.6. The van der Waals surface area contributed by atoms with E-state index in [0.29, 0.717) is 0 Å². The second-order valence-corrected chi connectivity index (χ2v) is 4.12. The summed E-state index contributed by atoms with van der Waals surface area (Å²) in [6.45, 7) is 1.52.